The molecule has 6 heteroatoms. The number of pyridine rings is 1. The van der Waals surface area contributed by atoms with Crippen molar-refractivity contribution >= 4 is 35.6 Å². The van der Waals surface area contributed by atoms with Crippen molar-refractivity contribution in [2.45, 2.75) is 38.9 Å². The molecule has 102 valence electrons. The fourth-order valence-corrected chi connectivity index (χ4v) is 1.74. The maximum atomic E-state index is 10.1. The topological polar surface area (TPSA) is 58.1 Å². The zero-order valence-corrected chi connectivity index (χ0v) is 12.4. The molecule has 4 nitrogen and oxygen atoms in total. The molecule has 0 aliphatic heterocycles. The highest BCUT2D eigenvalue weighted by molar-refractivity contribution is 6.51. The Balaban J connectivity index is 2.21. The molecule has 0 bridgehead atoms. The second kappa shape index (κ2) is 4.82. The van der Waals surface area contributed by atoms with Crippen molar-refractivity contribution in [2.75, 3.05) is 0 Å². The van der Waals surface area contributed by atoms with E-state index in [1.54, 1.807) is 20.0 Å². The fraction of sp³-hybridized carbons (Fsp3) is 0.462. The Morgan fingerprint density at radius 1 is 1.37 bits per heavy atom. The summed E-state index contributed by atoms with van der Waals surface area (Å²) < 4.78 is 5.85. The molecule has 0 unspecified atom stereocenters. The quantitative estimate of drug-likeness (QED) is 0.839. The number of nitrogens with zero attached hydrogens (tertiary/aromatic N) is 1. The highest BCUT2D eigenvalue weighted by atomic mass is 35.5. The average Bonchev–Trinajstić information content (AvgIpc) is 2.67. The molecule has 2 aromatic heterocycles. The molecule has 0 aromatic carbocycles. The third kappa shape index (κ3) is 2.94. The van der Waals surface area contributed by atoms with Gasteiger partial charge in [-0.2, -0.15) is 0 Å². The number of nitrogens with one attached hydrogen (secondary N) is 1. The molecule has 0 aliphatic carbocycles. The number of H-pyrrole nitrogens is 1. The van der Waals surface area contributed by atoms with Crippen LogP contribution in [0.25, 0.3) is 11.0 Å². The molecule has 2 rings (SSSR count). The Labute approximate surface area is 118 Å². The fourth-order valence-electron chi connectivity index (χ4n) is 1.59. The summed E-state index contributed by atoms with van der Waals surface area (Å²) in [5.41, 5.74) is 0.184. The zero-order valence-electron chi connectivity index (χ0n) is 11.6. The van der Waals surface area contributed by atoms with E-state index in [2.05, 4.69) is 9.97 Å². The molecule has 0 saturated heterocycles. The minimum Gasteiger partial charge on any atom is -0.427 e. The Bertz CT molecular complexity index is 590. The van der Waals surface area contributed by atoms with Gasteiger partial charge in [0, 0.05) is 11.6 Å². The monoisotopic (exact) mass is 280 g/mol. The molecule has 0 atom stereocenters. The summed E-state index contributed by atoms with van der Waals surface area (Å²) in [6.07, 6.45) is 3.46. The maximum Gasteiger partial charge on any atom is 0.311 e. The molecule has 0 spiro atoms. The van der Waals surface area contributed by atoms with E-state index < -0.39 is 11.2 Å². The third-order valence-corrected chi connectivity index (χ3v) is 3.85. The largest absolute Gasteiger partial charge is 0.427 e. The predicted octanol–water partition coefficient (Wildman–Crippen LogP) is 1.76. The molecular formula is C13H18BClN2O2. The summed E-state index contributed by atoms with van der Waals surface area (Å²) >= 11 is 5.95. The summed E-state index contributed by atoms with van der Waals surface area (Å²) in [6, 6.07) is 1.86. The SMILES string of the molecule is CC(C)(O)C(C)(C)OBc1c[nH]c2ncc(Cl)cc12. The number of rotatable bonds is 4. The number of hydrogen-bond donors (Lipinski definition) is 2. The number of halogens is 1. The van der Waals surface area contributed by atoms with Gasteiger partial charge >= 0.3 is 7.48 Å². The highest BCUT2D eigenvalue weighted by Crippen LogP contribution is 2.24. The van der Waals surface area contributed by atoms with Crippen LogP contribution in [0.1, 0.15) is 27.7 Å². The smallest absolute Gasteiger partial charge is 0.311 e. The van der Waals surface area contributed by atoms with Gasteiger partial charge in [-0.15, -0.1) is 0 Å². The van der Waals surface area contributed by atoms with E-state index in [1.165, 1.54) is 0 Å². The summed E-state index contributed by atoms with van der Waals surface area (Å²) in [6.45, 7) is 7.21. The molecule has 2 heterocycles. The third-order valence-electron chi connectivity index (χ3n) is 3.65. The zero-order chi connectivity index (χ0) is 14.3. The standard InChI is InChI=1S/C13H18BClN2O2/c1-12(2,18)13(3,4)19-14-10-7-17-11-9(10)5-8(15)6-16-11/h5-7,14,18H,1-4H3,(H,16,17). The first kappa shape index (κ1) is 14.4. The Morgan fingerprint density at radius 2 is 2.05 bits per heavy atom. The first-order valence-electron chi connectivity index (χ1n) is 6.18. The van der Waals surface area contributed by atoms with Crippen molar-refractivity contribution in [2.24, 2.45) is 0 Å². The Morgan fingerprint density at radius 3 is 2.68 bits per heavy atom. The van der Waals surface area contributed by atoms with E-state index in [0.717, 1.165) is 16.5 Å². The molecule has 2 N–H and O–H groups in total. The van der Waals surface area contributed by atoms with Gasteiger partial charge in [0.15, 0.2) is 0 Å². The number of aromatic amines is 1. The van der Waals surface area contributed by atoms with Gasteiger partial charge in [-0.25, -0.2) is 4.98 Å². The van der Waals surface area contributed by atoms with Gasteiger partial charge in [0.05, 0.1) is 16.2 Å². The van der Waals surface area contributed by atoms with Gasteiger partial charge in [0.1, 0.15) is 5.65 Å². The minimum absolute atomic E-state index is 0.388. The summed E-state index contributed by atoms with van der Waals surface area (Å²) in [4.78, 5) is 7.28. The van der Waals surface area contributed by atoms with E-state index in [0.29, 0.717) is 12.5 Å². The lowest BCUT2D eigenvalue weighted by Gasteiger charge is -2.37. The van der Waals surface area contributed by atoms with Gasteiger partial charge in [-0.1, -0.05) is 11.6 Å². The second-order valence-corrected chi connectivity index (χ2v) is 6.16. The van der Waals surface area contributed by atoms with Crippen molar-refractivity contribution in [1.29, 1.82) is 0 Å². The maximum absolute atomic E-state index is 10.1. The summed E-state index contributed by atoms with van der Waals surface area (Å²) in [5, 5.41) is 11.6. The van der Waals surface area contributed by atoms with Crippen molar-refractivity contribution in [3.8, 4) is 0 Å². The number of hydrogen-bond acceptors (Lipinski definition) is 3. The molecule has 19 heavy (non-hydrogen) atoms. The van der Waals surface area contributed by atoms with E-state index in [4.69, 9.17) is 16.3 Å². The molecule has 0 aliphatic rings. The Kier molecular flexibility index (Phi) is 3.64. The molecule has 0 amide bonds. The van der Waals surface area contributed by atoms with Gasteiger partial charge in [-0.3, -0.25) is 0 Å². The molecule has 2 aromatic rings. The number of aromatic nitrogens is 2. The van der Waals surface area contributed by atoms with Crippen LogP contribution in [0.5, 0.6) is 0 Å². The Hall–Kier alpha value is -1.04. The lowest BCUT2D eigenvalue weighted by molar-refractivity contribution is -0.0893. The molecule has 0 radical (unpaired) electrons. The van der Waals surface area contributed by atoms with Gasteiger partial charge in [0.2, 0.25) is 0 Å². The average molecular weight is 281 g/mol. The van der Waals surface area contributed by atoms with Crippen LogP contribution in [-0.4, -0.2) is 33.8 Å². The first-order valence-corrected chi connectivity index (χ1v) is 6.56. The number of aliphatic hydroxyl groups is 1. The van der Waals surface area contributed by atoms with Crippen LogP contribution < -0.4 is 5.46 Å². The van der Waals surface area contributed by atoms with Crippen molar-refractivity contribution in [3.05, 3.63) is 23.5 Å². The van der Waals surface area contributed by atoms with Gasteiger partial charge < -0.3 is 14.7 Å². The molecule has 0 fully saturated rings. The van der Waals surface area contributed by atoms with Crippen LogP contribution in [0, 0.1) is 0 Å². The van der Waals surface area contributed by atoms with Crippen LogP contribution in [-0.2, 0) is 4.65 Å². The predicted molar refractivity (Wildman–Crippen MR) is 79.3 cm³/mol. The second-order valence-electron chi connectivity index (χ2n) is 5.72. The lowest BCUT2D eigenvalue weighted by Crippen LogP contribution is -2.49. The lowest BCUT2D eigenvalue weighted by atomic mass is 9.83. The van der Waals surface area contributed by atoms with E-state index in [9.17, 15) is 5.11 Å². The van der Waals surface area contributed by atoms with Crippen LogP contribution in [0.3, 0.4) is 0 Å². The normalized spacial score (nSPS) is 12.9. The molecule has 0 saturated carbocycles. The van der Waals surface area contributed by atoms with Crippen LogP contribution in [0.2, 0.25) is 5.02 Å². The summed E-state index contributed by atoms with van der Waals surface area (Å²) in [7, 11) is 0.388. The van der Waals surface area contributed by atoms with E-state index in [1.807, 2.05) is 26.1 Å². The van der Waals surface area contributed by atoms with Crippen LogP contribution in [0.4, 0.5) is 0 Å². The van der Waals surface area contributed by atoms with E-state index >= 15 is 0 Å². The van der Waals surface area contributed by atoms with Crippen LogP contribution in [0.15, 0.2) is 18.5 Å². The summed E-state index contributed by atoms with van der Waals surface area (Å²) in [5.74, 6) is 0. The minimum atomic E-state index is -0.922. The number of fused-ring (bicyclic) bond motifs is 1. The van der Waals surface area contributed by atoms with E-state index in [-0.39, 0.29) is 0 Å². The first-order chi connectivity index (χ1) is 8.71. The van der Waals surface area contributed by atoms with Gasteiger partial charge in [-0.05, 0) is 45.4 Å². The van der Waals surface area contributed by atoms with Crippen molar-refractivity contribution in [3.63, 3.8) is 0 Å². The van der Waals surface area contributed by atoms with Crippen molar-refractivity contribution in [1.82, 2.24) is 9.97 Å². The van der Waals surface area contributed by atoms with Gasteiger partial charge in [0.25, 0.3) is 0 Å². The van der Waals surface area contributed by atoms with Crippen molar-refractivity contribution < 1.29 is 9.76 Å². The highest BCUT2D eigenvalue weighted by Gasteiger charge is 2.35. The van der Waals surface area contributed by atoms with Crippen LogP contribution >= 0.6 is 11.6 Å². The molecular weight excluding hydrogens is 262 g/mol.